The second-order valence-electron chi connectivity index (χ2n) is 3.74. The van der Waals surface area contributed by atoms with Gasteiger partial charge in [-0.05, 0) is 12.0 Å². The van der Waals surface area contributed by atoms with Gasteiger partial charge in [-0.3, -0.25) is 4.40 Å². The molecule has 0 fully saturated rings. The Kier molecular flexibility index (Phi) is 2.52. The fourth-order valence-corrected chi connectivity index (χ4v) is 2.05. The molecule has 5 heteroatoms. The van der Waals surface area contributed by atoms with Gasteiger partial charge < -0.3 is 5.73 Å². The zero-order chi connectivity index (χ0) is 11.2. The summed E-state index contributed by atoms with van der Waals surface area (Å²) in [5.74, 6) is 0.865. The third-order valence-corrected chi connectivity index (χ3v) is 2.74. The van der Waals surface area contributed by atoms with Gasteiger partial charge in [-0.1, -0.05) is 37.0 Å². The Morgan fingerprint density at radius 1 is 1.40 bits per heavy atom. The van der Waals surface area contributed by atoms with Gasteiger partial charge in [0.15, 0.2) is 5.65 Å². The number of nitrogen functional groups attached to an aromatic ring is 1. The molecular weight excluding hydrogens is 233 g/mol. The molecule has 0 atom stereocenters. The summed E-state index contributed by atoms with van der Waals surface area (Å²) in [5, 5.41) is 1.06. The van der Waals surface area contributed by atoms with Crippen molar-refractivity contribution in [2.24, 2.45) is 0 Å². The van der Waals surface area contributed by atoms with E-state index in [1.807, 2.05) is 13.8 Å². The first-order valence-electron chi connectivity index (χ1n) is 4.63. The summed E-state index contributed by atoms with van der Waals surface area (Å²) in [4.78, 5) is 4.40. The van der Waals surface area contributed by atoms with Crippen molar-refractivity contribution in [3.05, 3.63) is 28.0 Å². The lowest BCUT2D eigenvalue weighted by Gasteiger charge is -2.01. The highest BCUT2D eigenvalue weighted by atomic mass is 35.5. The summed E-state index contributed by atoms with van der Waals surface area (Å²) in [5.41, 5.74) is 7.46. The number of rotatable bonds is 1. The van der Waals surface area contributed by atoms with Crippen molar-refractivity contribution in [3.63, 3.8) is 0 Å². The van der Waals surface area contributed by atoms with Crippen LogP contribution in [0.4, 0.5) is 5.82 Å². The Morgan fingerprint density at radius 2 is 2.07 bits per heavy atom. The van der Waals surface area contributed by atoms with E-state index in [0.717, 1.165) is 5.69 Å². The minimum atomic E-state index is 0.264. The third-order valence-electron chi connectivity index (χ3n) is 2.25. The van der Waals surface area contributed by atoms with E-state index < -0.39 is 0 Å². The van der Waals surface area contributed by atoms with Gasteiger partial charge >= 0.3 is 0 Å². The first kappa shape index (κ1) is 10.6. The molecule has 0 aliphatic carbocycles. The smallest absolute Gasteiger partial charge is 0.157 e. The number of fused-ring (bicyclic) bond motifs is 1. The fourth-order valence-electron chi connectivity index (χ4n) is 1.53. The van der Waals surface area contributed by atoms with Crippen LogP contribution in [0.5, 0.6) is 0 Å². The Labute approximate surface area is 97.8 Å². The predicted molar refractivity (Wildman–Crippen MR) is 63.7 cm³/mol. The van der Waals surface area contributed by atoms with Gasteiger partial charge in [-0.2, -0.15) is 0 Å². The van der Waals surface area contributed by atoms with E-state index in [0.29, 0.717) is 21.5 Å². The van der Waals surface area contributed by atoms with Gasteiger partial charge in [0.05, 0.1) is 15.7 Å². The van der Waals surface area contributed by atoms with Crippen LogP contribution in [0.3, 0.4) is 0 Å². The van der Waals surface area contributed by atoms with Gasteiger partial charge in [-0.25, -0.2) is 4.98 Å². The lowest BCUT2D eigenvalue weighted by molar-refractivity contribution is 0.838. The van der Waals surface area contributed by atoms with Crippen molar-refractivity contribution < 1.29 is 0 Å². The van der Waals surface area contributed by atoms with Crippen LogP contribution in [0.2, 0.25) is 10.0 Å². The van der Waals surface area contributed by atoms with Crippen LogP contribution in [0.1, 0.15) is 25.5 Å². The van der Waals surface area contributed by atoms with E-state index >= 15 is 0 Å². The number of aromatic nitrogens is 2. The van der Waals surface area contributed by atoms with E-state index in [4.69, 9.17) is 28.9 Å². The molecule has 0 amide bonds. The largest absolute Gasteiger partial charge is 0.383 e. The predicted octanol–water partition coefficient (Wildman–Crippen LogP) is 3.35. The second-order valence-corrected chi connectivity index (χ2v) is 4.58. The minimum absolute atomic E-state index is 0.264. The van der Waals surface area contributed by atoms with Gasteiger partial charge in [0.1, 0.15) is 5.82 Å². The Hall–Kier alpha value is -0.930. The monoisotopic (exact) mass is 243 g/mol. The fraction of sp³-hybridized carbons (Fsp3) is 0.300. The van der Waals surface area contributed by atoms with E-state index in [2.05, 4.69) is 4.98 Å². The number of anilines is 1. The Morgan fingerprint density at radius 3 is 2.67 bits per heavy atom. The molecule has 2 aromatic rings. The molecule has 0 spiro atoms. The topological polar surface area (TPSA) is 43.3 Å². The lowest BCUT2D eigenvalue weighted by Crippen LogP contribution is -1.97. The van der Waals surface area contributed by atoms with E-state index in [9.17, 15) is 0 Å². The molecule has 2 rings (SSSR count). The van der Waals surface area contributed by atoms with Crippen molar-refractivity contribution in [2.45, 2.75) is 19.8 Å². The summed E-state index contributed by atoms with van der Waals surface area (Å²) in [7, 11) is 0. The molecule has 2 heterocycles. The molecule has 0 unspecified atom stereocenters. The molecule has 0 saturated carbocycles. The van der Waals surface area contributed by atoms with E-state index in [1.165, 1.54) is 0 Å². The Balaban J connectivity index is 2.82. The number of pyridine rings is 1. The maximum Gasteiger partial charge on any atom is 0.157 e. The quantitative estimate of drug-likeness (QED) is 0.835. The van der Waals surface area contributed by atoms with Crippen LogP contribution in [0.25, 0.3) is 5.65 Å². The lowest BCUT2D eigenvalue weighted by atomic mass is 10.1. The standard InChI is InChI=1S/C10H11Cl2N3/c1-5(2)8-9(13)15-4-6(11)3-7(12)10(15)14-8/h3-5H,13H2,1-2H3. The van der Waals surface area contributed by atoms with E-state index in [-0.39, 0.29) is 5.92 Å². The number of nitrogens with zero attached hydrogens (tertiary/aromatic N) is 2. The highest BCUT2D eigenvalue weighted by molar-refractivity contribution is 6.36. The van der Waals surface area contributed by atoms with Crippen molar-refractivity contribution in [3.8, 4) is 0 Å². The van der Waals surface area contributed by atoms with Crippen molar-refractivity contribution in [2.75, 3.05) is 5.73 Å². The van der Waals surface area contributed by atoms with Crippen LogP contribution in [0, 0.1) is 0 Å². The summed E-state index contributed by atoms with van der Waals surface area (Å²) >= 11 is 11.9. The summed E-state index contributed by atoms with van der Waals surface area (Å²) in [6.07, 6.45) is 1.72. The molecule has 0 aromatic carbocycles. The highest BCUT2D eigenvalue weighted by Crippen LogP contribution is 2.28. The van der Waals surface area contributed by atoms with Crippen LogP contribution in [0.15, 0.2) is 12.3 Å². The van der Waals surface area contributed by atoms with Crippen LogP contribution in [-0.2, 0) is 0 Å². The number of hydrogen-bond acceptors (Lipinski definition) is 2. The van der Waals surface area contributed by atoms with Crippen LogP contribution in [-0.4, -0.2) is 9.38 Å². The maximum atomic E-state index is 6.03. The normalized spacial score (nSPS) is 11.5. The molecule has 2 N–H and O–H groups in total. The minimum Gasteiger partial charge on any atom is -0.383 e. The summed E-state index contributed by atoms with van der Waals surface area (Å²) in [6, 6.07) is 1.66. The number of imidazole rings is 1. The first-order chi connectivity index (χ1) is 7.00. The Bertz CT molecular complexity index is 517. The molecule has 80 valence electrons. The summed E-state index contributed by atoms with van der Waals surface area (Å²) in [6.45, 7) is 4.07. The number of nitrogens with two attached hydrogens (primary N) is 1. The van der Waals surface area contributed by atoms with Crippen LogP contribution < -0.4 is 5.73 Å². The highest BCUT2D eigenvalue weighted by Gasteiger charge is 2.14. The second kappa shape index (κ2) is 3.58. The van der Waals surface area contributed by atoms with Gasteiger partial charge in [0.25, 0.3) is 0 Å². The zero-order valence-electron chi connectivity index (χ0n) is 8.46. The number of halogens is 2. The first-order valence-corrected chi connectivity index (χ1v) is 5.38. The average Bonchev–Trinajstić information content (AvgIpc) is 2.44. The van der Waals surface area contributed by atoms with Crippen molar-refractivity contribution in [1.82, 2.24) is 9.38 Å². The molecule has 0 radical (unpaired) electrons. The zero-order valence-corrected chi connectivity index (χ0v) is 9.97. The SMILES string of the molecule is CC(C)c1nc2c(Cl)cc(Cl)cn2c1N. The van der Waals surface area contributed by atoms with Crippen molar-refractivity contribution in [1.29, 1.82) is 0 Å². The average molecular weight is 244 g/mol. The van der Waals surface area contributed by atoms with Gasteiger partial charge in [0, 0.05) is 6.20 Å². The number of hydrogen-bond donors (Lipinski definition) is 1. The van der Waals surface area contributed by atoms with Gasteiger partial charge in [0.2, 0.25) is 0 Å². The molecule has 0 bridgehead atoms. The molecule has 0 aliphatic rings. The molecule has 15 heavy (non-hydrogen) atoms. The van der Waals surface area contributed by atoms with Crippen molar-refractivity contribution >= 4 is 34.7 Å². The molecule has 0 saturated heterocycles. The maximum absolute atomic E-state index is 6.03. The van der Waals surface area contributed by atoms with E-state index in [1.54, 1.807) is 16.7 Å². The molecule has 2 aromatic heterocycles. The summed E-state index contributed by atoms with van der Waals surface area (Å²) < 4.78 is 1.72. The van der Waals surface area contributed by atoms with Gasteiger partial charge in [-0.15, -0.1) is 0 Å². The molecular formula is C10H11Cl2N3. The molecule has 0 aliphatic heterocycles. The molecule has 3 nitrogen and oxygen atoms in total. The van der Waals surface area contributed by atoms with Crippen LogP contribution >= 0.6 is 23.2 Å². The third kappa shape index (κ3) is 1.66.